The number of para-hydroxylation sites is 1. The summed E-state index contributed by atoms with van der Waals surface area (Å²) in [5, 5.41) is 2.95. The summed E-state index contributed by atoms with van der Waals surface area (Å²) in [7, 11) is 3.28. The predicted octanol–water partition coefficient (Wildman–Crippen LogP) is 2.76. The zero-order chi connectivity index (χ0) is 19.5. The molecule has 0 saturated heterocycles. The Labute approximate surface area is 163 Å². The molecule has 3 aromatic rings. The zero-order valence-electron chi connectivity index (χ0n) is 16.1. The first-order valence-electron chi connectivity index (χ1n) is 9.34. The number of nitrogens with one attached hydrogen (secondary N) is 1. The molecule has 1 amide bonds. The minimum Gasteiger partial charge on any atom is -0.496 e. The molecule has 0 bridgehead atoms. The predicted molar refractivity (Wildman–Crippen MR) is 108 cm³/mol. The fraction of sp³-hybridized carbons (Fsp3) is 0.333. The Kier molecular flexibility index (Phi) is 5.27. The molecule has 28 heavy (non-hydrogen) atoms. The molecule has 1 N–H and O–H groups in total. The first-order valence-corrected chi connectivity index (χ1v) is 9.34. The van der Waals surface area contributed by atoms with Crippen molar-refractivity contribution in [2.75, 3.05) is 39.2 Å². The summed E-state index contributed by atoms with van der Waals surface area (Å²) < 4.78 is 12.7. The van der Waals surface area contributed by atoms with Crippen LogP contribution in [0.3, 0.4) is 0 Å². The fourth-order valence-corrected chi connectivity index (χ4v) is 3.59. The Morgan fingerprint density at radius 1 is 1.18 bits per heavy atom. The molecule has 7 heteroatoms. The van der Waals surface area contributed by atoms with Gasteiger partial charge in [-0.05, 0) is 30.3 Å². The number of carbonyl (C=O) groups is 1. The fourth-order valence-electron chi connectivity index (χ4n) is 3.59. The summed E-state index contributed by atoms with van der Waals surface area (Å²) in [5.41, 5.74) is 3.20. The molecule has 2 heterocycles. The number of carbonyl (C=O) groups excluding carboxylic acids is 1. The highest BCUT2D eigenvalue weighted by Crippen LogP contribution is 2.25. The van der Waals surface area contributed by atoms with Gasteiger partial charge < -0.3 is 19.4 Å². The average molecular weight is 380 g/mol. The van der Waals surface area contributed by atoms with Crippen LogP contribution in [0.15, 0.2) is 42.5 Å². The van der Waals surface area contributed by atoms with Crippen molar-refractivity contribution in [1.29, 1.82) is 0 Å². The Morgan fingerprint density at radius 3 is 2.86 bits per heavy atom. The number of benzene rings is 2. The molecule has 146 valence electrons. The summed E-state index contributed by atoms with van der Waals surface area (Å²) in [6, 6.07) is 13.0. The van der Waals surface area contributed by atoms with Crippen molar-refractivity contribution in [3.8, 4) is 5.75 Å². The maximum absolute atomic E-state index is 12.6. The van der Waals surface area contributed by atoms with E-state index < -0.39 is 0 Å². The number of amides is 1. The van der Waals surface area contributed by atoms with Crippen LogP contribution >= 0.6 is 0 Å². The second-order valence-electron chi connectivity index (χ2n) is 6.81. The molecule has 0 atom stereocenters. The van der Waals surface area contributed by atoms with Crippen molar-refractivity contribution in [3.63, 3.8) is 0 Å². The van der Waals surface area contributed by atoms with Crippen molar-refractivity contribution in [1.82, 2.24) is 14.5 Å². The van der Waals surface area contributed by atoms with Crippen molar-refractivity contribution < 1.29 is 14.3 Å². The molecule has 2 aromatic carbocycles. The molecule has 0 aliphatic carbocycles. The van der Waals surface area contributed by atoms with Crippen molar-refractivity contribution in [3.05, 3.63) is 53.9 Å². The zero-order valence-corrected chi connectivity index (χ0v) is 16.1. The van der Waals surface area contributed by atoms with Gasteiger partial charge in [-0.3, -0.25) is 9.69 Å². The lowest BCUT2D eigenvalue weighted by Gasteiger charge is -2.27. The van der Waals surface area contributed by atoms with Crippen LogP contribution in [0.25, 0.3) is 11.0 Å². The van der Waals surface area contributed by atoms with Crippen molar-refractivity contribution in [2.45, 2.75) is 13.1 Å². The van der Waals surface area contributed by atoms with Gasteiger partial charge in [0.15, 0.2) is 0 Å². The lowest BCUT2D eigenvalue weighted by atomic mass is 10.2. The van der Waals surface area contributed by atoms with Crippen LogP contribution in [0.2, 0.25) is 0 Å². The van der Waals surface area contributed by atoms with Gasteiger partial charge in [-0.15, -0.1) is 0 Å². The summed E-state index contributed by atoms with van der Waals surface area (Å²) in [4.78, 5) is 19.8. The van der Waals surface area contributed by atoms with Crippen LogP contribution in [0.1, 0.15) is 16.2 Å². The standard InChI is InChI=1S/C21H24N4O3/c1-27-12-11-24-9-10-25-18-8-7-15(13-17(18)23-20(25)14-24)22-21(26)16-5-3-4-6-19(16)28-2/h3-8,13H,9-12,14H2,1-2H3,(H,22,26). The van der Waals surface area contributed by atoms with Gasteiger partial charge in [-0.25, -0.2) is 4.98 Å². The molecule has 0 fully saturated rings. The Balaban J connectivity index is 1.55. The Bertz CT molecular complexity index is 998. The molecule has 1 aliphatic heterocycles. The molecular weight excluding hydrogens is 356 g/mol. The van der Waals surface area contributed by atoms with E-state index in [0.717, 1.165) is 55.3 Å². The number of anilines is 1. The quantitative estimate of drug-likeness (QED) is 0.712. The van der Waals surface area contributed by atoms with E-state index in [9.17, 15) is 4.79 Å². The highest BCUT2D eigenvalue weighted by molar-refractivity contribution is 6.06. The lowest BCUT2D eigenvalue weighted by molar-refractivity contribution is 0.102. The first-order chi connectivity index (χ1) is 13.7. The number of hydrogen-bond acceptors (Lipinski definition) is 5. The van der Waals surface area contributed by atoms with Crippen LogP contribution < -0.4 is 10.1 Å². The van der Waals surface area contributed by atoms with Crippen molar-refractivity contribution >= 4 is 22.6 Å². The van der Waals surface area contributed by atoms with Crippen LogP contribution in [0.5, 0.6) is 5.75 Å². The number of aromatic nitrogens is 2. The SMILES string of the molecule is COCCN1CCn2c(nc3cc(NC(=O)c4ccccc4OC)ccc32)C1. The van der Waals surface area contributed by atoms with Crippen LogP contribution in [0, 0.1) is 0 Å². The number of ether oxygens (including phenoxy) is 2. The number of methoxy groups -OCH3 is 2. The smallest absolute Gasteiger partial charge is 0.259 e. The largest absolute Gasteiger partial charge is 0.496 e. The van der Waals surface area contributed by atoms with E-state index in [0.29, 0.717) is 11.3 Å². The lowest BCUT2D eigenvalue weighted by Crippen LogP contribution is -2.35. The van der Waals surface area contributed by atoms with Gasteiger partial charge in [0, 0.05) is 32.4 Å². The third-order valence-corrected chi connectivity index (χ3v) is 5.05. The van der Waals surface area contributed by atoms with E-state index >= 15 is 0 Å². The maximum atomic E-state index is 12.6. The molecule has 1 aliphatic rings. The second-order valence-corrected chi connectivity index (χ2v) is 6.81. The van der Waals surface area contributed by atoms with Gasteiger partial charge >= 0.3 is 0 Å². The van der Waals surface area contributed by atoms with Crippen LogP contribution in [-0.4, -0.2) is 54.3 Å². The van der Waals surface area contributed by atoms with E-state index in [-0.39, 0.29) is 5.91 Å². The average Bonchev–Trinajstić information content (AvgIpc) is 3.08. The van der Waals surface area contributed by atoms with Crippen LogP contribution in [-0.2, 0) is 17.8 Å². The number of imidazole rings is 1. The molecule has 7 nitrogen and oxygen atoms in total. The molecule has 0 spiro atoms. The number of nitrogens with zero attached hydrogens (tertiary/aromatic N) is 3. The van der Waals surface area contributed by atoms with Gasteiger partial charge in [0.05, 0.1) is 36.9 Å². The molecule has 1 aromatic heterocycles. The summed E-state index contributed by atoms with van der Waals surface area (Å²) >= 11 is 0. The molecule has 0 unspecified atom stereocenters. The van der Waals surface area contributed by atoms with E-state index in [1.54, 1.807) is 26.4 Å². The third-order valence-electron chi connectivity index (χ3n) is 5.05. The van der Waals surface area contributed by atoms with Gasteiger partial charge in [0.2, 0.25) is 0 Å². The highest BCUT2D eigenvalue weighted by Gasteiger charge is 2.20. The van der Waals surface area contributed by atoms with E-state index in [4.69, 9.17) is 14.5 Å². The van der Waals surface area contributed by atoms with Gasteiger partial charge in [0.1, 0.15) is 11.6 Å². The summed E-state index contributed by atoms with van der Waals surface area (Å²) in [6.45, 7) is 4.32. The summed E-state index contributed by atoms with van der Waals surface area (Å²) in [5.74, 6) is 1.40. The van der Waals surface area contributed by atoms with E-state index in [2.05, 4.69) is 14.8 Å². The topological polar surface area (TPSA) is 68.6 Å². The Morgan fingerprint density at radius 2 is 2.04 bits per heavy atom. The van der Waals surface area contributed by atoms with Crippen LogP contribution in [0.4, 0.5) is 5.69 Å². The third kappa shape index (κ3) is 3.58. The van der Waals surface area contributed by atoms with E-state index in [1.807, 2.05) is 30.3 Å². The molecule has 0 saturated carbocycles. The van der Waals surface area contributed by atoms with Gasteiger partial charge in [-0.2, -0.15) is 0 Å². The minimum atomic E-state index is -0.202. The molecule has 4 rings (SSSR count). The van der Waals surface area contributed by atoms with Gasteiger partial charge in [-0.1, -0.05) is 12.1 Å². The monoisotopic (exact) mass is 380 g/mol. The number of fused-ring (bicyclic) bond motifs is 3. The molecular formula is C21H24N4O3. The first kappa shape index (κ1) is 18.5. The normalized spacial score (nSPS) is 14.1. The maximum Gasteiger partial charge on any atom is 0.259 e. The minimum absolute atomic E-state index is 0.202. The second kappa shape index (κ2) is 8.00. The number of hydrogen-bond donors (Lipinski definition) is 1. The Hall–Kier alpha value is -2.90. The highest BCUT2D eigenvalue weighted by atomic mass is 16.5. The number of rotatable bonds is 6. The van der Waals surface area contributed by atoms with Crippen molar-refractivity contribution in [2.24, 2.45) is 0 Å². The molecule has 0 radical (unpaired) electrons. The summed E-state index contributed by atoms with van der Waals surface area (Å²) in [6.07, 6.45) is 0. The van der Waals surface area contributed by atoms with Gasteiger partial charge in [0.25, 0.3) is 5.91 Å². The van der Waals surface area contributed by atoms with E-state index in [1.165, 1.54) is 0 Å².